The molecule has 0 aliphatic carbocycles. The van der Waals surface area contributed by atoms with Crippen LogP contribution in [0.5, 0.6) is 0 Å². The van der Waals surface area contributed by atoms with Gasteiger partial charge in [0.2, 0.25) is 0 Å². The molecule has 9 heteroatoms. The molecule has 2 aromatic heterocycles. The van der Waals surface area contributed by atoms with Crippen molar-refractivity contribution in [2.45, 2.75) is 24.9 Å². The minimum Gasteiger partial charge on any atom is -0.425 e. The van der Waals surface area contributed by atoms with Crippen molar-refractivity contribution < 1.29 is 20.2 Å². The molecule has 1 fully saturated rings. The van der Waals surface area contributed by atoms with E-state index in [4.69, 9.17) is 15.3 Å². The fourth-order valence-electron chi connectivity index (χ4n) is 2.21. The van der Waals surface area contributed by atoms with Gasteiger partial charge in [0.15, 0.2) is 22.9 Å². The first-order valence-corrected chi connectivity index (χ1v) is 5.74. The highest BCUT2D eigenvalue weighted by atomic mass is 16.5. The second kappa shape index (κ2) is 4.30. The van der Waals surface area contributed by atoms with Gasteiger partial charge >= 0.3 is 0 Å². The highest BCUT2D eigenvalue weighted by Gasteiger charge is 2.35. The van der Waals surface area contributed by atoms with E-state index >= 15 is 0 Å². The number of hydrogen-bond acceptors (Lipinski definition) is 7. The predicted octanol–water partition coefficient (Wildman–Crippen LogP) is -1.41. The molecule has 0 amide bonds. The monoisotopic (exact) mass is 267 g/mol. The minimum atomic E-state index is -0.785. The molecule has 1 aliphatic rings. The first-order chi connectivity index (χ1) is 9.11. The topological polar surface area (TPSA) is 129 Å². The summed E-state index contributed by atoms with van der Waals surface area (Å²) in [7, 11) is 0. The van der Waals surface area contributed by atoms with E-state index in [0.29, 0.717) is 16.8 Å². The SMILES string of the molecule is N=c1c2ncn([C@@H]3O[C@H](CO)C[C@H]3O)c2ncn1O. The molecule has 1 aliphatic heterocycles. The van der Waals surface area contributed by atoms with Crippen LogP contribution in [0.3, 0.4) is 0 Å². The Hall–Kier alpha value is -1.97. The normalized spacial score (nSPS) is 27.2. The minimum absolute atomic E-state index is 0.173. The number of hydrogen-bond donors (Lipinski definition) is 4. The van der Waals surface area contributed by atoms with Crippen LogP contribution in [0, 0.1) is 5.41 Å². The van der Waals surface area contributed by atoms with Crippen LogP contribution >= 0.6 is 0 Å². The molecule has 0 saturated carbocycles. The second-order valence-corrected chi connectivity index (χ2v) is 4.40. The summed E-state index contributed by atoms with van der Waals surface area (Å²) in [4.78, 5) is 7.96. The van der Waals surface area contributed by atoms with Gasteiger partial charge in [-0.1, -0.05) is 0 Å². The van der Waals surface area contributed by atoms with Gasteiger partial charge in [-0.3, -0.25) is 9.98 Å². The van der Waals surface area contributed by atoms with Crippen molar-refractivity contribution in [3.8, 4) is 0 Å². The van der Waals surface area contributed by atoms with E-state index < -0.39 is 18.4 Å². The van der Waals surface area contributed by atoms with Gasteiger partial charge in [0.25, 0.3) is 0 Å². The molecule has 3 rings (SSSR count). The standard InChI is InChI=1S/C10H13N5O4/c11-8-7-9(13-4-15(8)18)14(3-12-7)10-6(17)1-5(2-16)19-10/h3-6,10-11,16-18H,1-2H2/t5-,6+,10+/m0/s1. The van der Waals surface area contributed by atoms with E-state index in [1.165, 1.54) is 10.9 Å². The summed E-state index contributed by atoms with van der Waals surface area (Å²) >= 11 is 0. The van der Waals surface area contributed by atoms with Crippen LogP contribution in [0.15, 0.2) is 12.7 Å². The molecule has 4 N–H and O–H groups in total. The van der Waals surface area contributed by atoms with Gasteiger partial charge < -0.3 is 20.2 Å². The summed E-state index contributed by atoms with van der Waals surface area (Å²) in [5.41, 5.74) is 0.334. The van der Waals surface area contributed by atoms with Crippen LogP contribution in [-0.4, -0.2) is 53.5 Å². The van der Waals surface area contributed by atoms with Crippen molar-refractivity contribution in [2.75, 3.05) is 6.61 Å². The second-order valence-electron chi connectivity index (χ2n) is 4.40. The quantitative estimate of drug-likeness (QED) is 0.495. The highest BCUT2D eigenvalue weighted by Crippen LogP contribution is 2.30. The van der Waals surface area contributed by atoms with Crippen LogP contribution in [0.1, 0.15) is 12.6 Å². The highest BCUT2D eigenvalue weighted by molar-refractivity contribution is 5.68. The molecule has 0 spiro atoms. The smallest absolute Gasteiger partial charge is 0.192 e. The maximum Gasteiger partial charge on any atom is 0.192 e. The maximum atomic E-state index is 9.93. The van der Waals surface area contributed by atoms with E-state index in [-0.39, 0.29) is 17.6 Å². The zero-order valence-corrected chi connectivity index (χ0v) is 9.84. The van der Waals surface area contributed by atoms with Crippen LogP contribution in [-0.2, 0) is 4.74 Å². The molecule has 0 unspecified atom stereocenters. The number of rotatable bonds is 2. The van der Waals surface area contributed by atoms with Gasteiger partial charge in [0.05, 0.1) is 19.0 Å². The average Bonchev–Trinajstić information content (AvgIpc) is 2.97. The summed E-state index contributed by atoms with van der Waals surface area (Å²) in [5.74, 6) is 0. The van der Waals surface area contributed by atoms with Gasteiger partial charge in [0, 0.05) is 6.42 Å². The van der Waals surface area contributed by atoms with Crippen LogP contribution in [0.2, 0.25) is 0 Å². The summed E-state index contributed by atoms with van der Waals surface area (Å²) in [5, 5.41) is 36.0. The molecule has 0 aromatic carbocycles. The van der Waals surface area contributed by atoms with Crippen LogP contribution in [0.4, 0.5) is 0 Å². The Labute approximate surface area is 106 Å². The lowest BCUT2D eigenvalue weighted by Crippen LogP contribution is -2.22. The first-order valence-electron chi connectivity index (χ1n) is 5.74. The number of aliphatic hydroxyl groups excluding tert-OH is 2. The molecule has 3 heterocycles. The summed E-state index contributed by atoms with van der Waals surface area (Å²) < 4.78 is 7.55. The number of aromatic nitrogens is 4. The van der Waals surface area contributed by atoms with E-state index in [9.17, 15) is 10.3 Å². The molecular formula is C10H13N5O4. The predicted molar refractivity (Wildman–Crippen MR) is 60.2 cm³/mol. The van der Waals surface area contributed by atoms with Crippen molar-refractivity contribution >= 4 is 11.2 Å². The number of aliphatic hydroxyl groups is 2. The number of nitrogens with one attached hydrogen (secondary N) is 1. The Morgan fingerprint density at radius 2 is 2.21 bits per heavy atom. The number of ether oxygens (including phenoxy) is 1. The number of fused-ring (bicyclic) bond motifs is 1. The Bertz CT molecular complexity index is 665. The lowest BCUT2D eigenvalue weighted by atomic mass is 10.2. The van der Waals surface area contributed by atoms with E-state index in [0.717, 1.165) is 6.33 Å². The molecule has 1 saturated heterocycles. The van der Waals surface area contributed by atoms with Gasteiger partial charge in [0.1, 0.15) is 12.4 Å². The van der Waals surface area contributed by atoms with E-state index in [1.54, 1.807) is 0 Å². The molecule has 0 bridgehead atoms. The Morgan fingerprint density at radius 1 is 1.42 bits per heavy atom. The van der Waals surface area contributed by atoms with Crippen LogP contribution < -0.4 is 5.49 Å². The zero-order chi connectivity index (χ0) is 13.6. The fraction of sp³-hybridized carbons (Fsp3) is 0.500. The lowest BCUT2D eigenvalue weighted by molar-refractivity contribution is -0.0487. The summed E-state index contributed by atoms with van der Waals surface area (Å²) in [6.45, 7) is -0.173. The fourth-order valence-corrected chi connectivity index (χ4v) is 2.21. The molecule has 102 valence electrons. The third-order valence-corrected chi connectivity index (χ3v) is 3.15. The van der Waals surface area contributed by atoms with Crippen molar-refractivity contribution in [2.24, 2.45) is 0 Å². The van der Waals surface area contributed by atoms with Gasteiger partial charge in [-0.2, -0.15) is 4.73 Å². The molecule has 2 aromatic rings. The summed E-state index contributed by atoms with van der Waals surface area (Å²) in [6.07, 6.45) is 0.869. The summed E-state index contributed by atoms with van der Waals surface area (Å²) in [6, 6.07) is 0. The largest absolute Gasteiger partial charge is 0.425 e. The maximum absolute atomic E-state index is 9.93. The Kier molecular flexibility index (Phi) is 2.73. The van der Waals surface area contributed by atoms with Gasteiger partial charge in [-0.25, -0.2) is 9.97 Å². The first kappa shape index (κ1) is 12.1. The average molecular weight is 267 g/mol. The van der Waals surface area contributed by atoms with E-state index in [2.05, 4.69) is 9.97 Å². The third kappa shape index (κ3) is 1.79. The van der Waals surface area contributed by atoms with E-state index in [1.807, 2.05) is 0 Å². The van der Waals surface area contributed by atoms with Crippen LogP contribution in [0.25, 0.3) is 11.2 Å². The van der Waals surface area contributed by atoms with Gasteiger partial charge in [-0.05, 0) is 0 Å². The molecule has 19 heavy (non-hydrogen) atoms. The van der Waals surface area contributed by atoms with Crippen molar-refractivity contribution in [1.82, 2.24) is 19.3 Å². The molecular weight excluding hydrogens is 254 g/mol. The third-order valence-electron chi connectivity index (χ3n) is 3.15. The zero-order valence-electron chi connectivity index (χ0n) is 9.84. The Balaban J connectivity index is 2.07. The lowest BCUT2D eigenvalue weighted by Gasteiger charge is -2.16. The van der Waals surface area contributed by atoms with Crippen molar-refractivity contribution in [1.29, 1.82) is 5.41 Å². The number of nitrogens with zero attached hydrogens (tertiary/aromatic N) is 4. The van der Waals surface area contributed by atoms with Crippen molar-refractivity contribution in [3.63, 3.8) is 0 Å². The number of imidazole rings is 1. The molecule has 0 radical (unpaired) electrons. The van der Waals surface area contributed by atoms with Crippen molar-refractivity contribution in [3.05, 3.63) is 18.1 Å². The van der Waals surface area contributed by atoms with Gasteiger partial charge in [-0.15, -0.1) is 0 Å². The molecule has 3 atom stereocenters. The Morgan fingerprint density at radius 3 is 2.89 bits per heavy atom. The molecule has 9 nitrogen and oxygen atoms in total.